The van der Waals surface area contributed by atoms with Crippen LogP contribution in [0.4, 0.5) is 0 Å². The van der Waals surface area contributed by atoms with E-state index in [4.69, 9.17) is 16.3 Å². The Morgan fingerprint density at radius 1 is 1.07 bits per heavy atom. The van der Waals surface area contributed by atoms with Crippen molar-refractivity contribution in [2.75, 3.05) is 27.7 Å². The van der Waals surface area contributed by atoms with E-state index >= 15 is 0 Å². The minimum absolute atomic E-state index is 0.0559. The van der Waals surface area contributed by atoms with E-state index in [1.165, 1.54) is 32.2 Å². The van der Waals surface area contributed by atoms with Crippen molar-refractivity contribution < 1.29 is 22.7 Å². The number of aryl methyl sites for hydroxylation is 1. The molecule has 0 aromatic heterocycles. The van der Waals surface area contributed by atoms with Crippen LogP contribution in [0.5, 0.6) is 0 Å². The quantitative estimate of drug-likeness (QED) is 0.603. The van der Waals surface area contributed by atoms with E-state index in [9.17, 15) is 18.0 Å². The summed E-state index contributed by atoms with van der Waals surface area (Å²) in [5, 5.41) is 0.553. The Hall–Kier alpha value is -2.42. The van der Waals surface area contributed by atoms with Crippen molar-refractivity contribution in [1.82, 2.24) is 9.21 Å². The van der Waals surface area contributed by atoms with Gasteiger partial charge in [-0.1, -0.05) is 23.7 Å². The maximum Gasteiger partial charge on any atom is 0.325 e. The Labute approximate surface area is 182 Å². The zero-order valence-electron chi connectivity index (χ0n) is 17.6. The number of carbonyl (C=O) groups is 2. The number of rotatable bonds is 7. The normalized spacial score (nSPS) is 11.4. The van der Waals surface area contributed by atoms with Crippen molar-refractivity contribution in [1.29, 1.82) is 0 Å². The number of hydrogen-bond acceptors (Lipinski definition) is 5. The van der Waals surface area contributed by atoms with Gasteiger partial charge in [-0.2, -0.15) is 0 Å². The smallest absolute Gasteiger partial charge is 0.325 e. The summed E-state index contributed by atoms with van der Waals surface area (Å²) in [5.41, 5.74) is 2.17. The van der Waals surface area contributed by atoms with E-state index in [-0.39, 0.29) is 23.5 Å². The van der Waals surface area contributed by atoms with E-state index in [0.717, 1.165) is 9.87 Å². The number of sulfonamides is 1. The first-order chi connectivity index (χ1) is 14.0. The van der Waals surface area contributed by atoms with Crippen molar-refractivity contribution >= 4 is 33.5 Å². The number of hydrogen-bond donors (Lipinski definition) is 0. The van der Waals surface area contributed by atoms with E-state index in [1.54, 1.807) is 44.2 Å². The van der Waals surface area contributed by atoms with E-state index in [1.807, 2.05) is 0 Å². The molecule has 162 valence electrons. The van der Waals surface area contributed by atoms with Gasteiger partial charge < -0.3 is 9.64 Å². The van der Waals surface area contributed by atoms with Crippen molar-refractivity contribution in [2.24, 2.45) is 0 Å². The zero-order chi connectivity index (χ0) is 22.6. The van der Waals surface area contributed by atoms with Crippen molar-refractivity contribution in [2.45, 2.75) is 25.3 Å². The first-order valence-corrected chi connectivity index (χ1v) is 10.9. The molecule has 0 bridgehead atoms. The van der Waals surface area contributed by atoms with Crippen molar-refractivity contribution in [3.63, 3.8) is 0 Å². The highest BCUT2D eigenvalue weighted by Gasteiger charge is 2.26. The third-order valence-electron chi connectivity index (χ3n) is 4.75. The molecule has 0 fully saturated rings. The fourth-order valence-electron chi connectivity index (χ4n) is 2.83. The SMILES string of the molecule is COC(=O)CN(Cc1ccc(Cl)cc1)C(=O)c1cc(C)c(C)c(S(=O)(=O)N(C)C)c1. The standard InChI is InChI=1S/C21H25ClN2O5S/c1-14-10-17(11-19(15(14)2)30(27,28)23(3)4)21(26)24(13-20(25)29-5)12-16-6-8-18(22)9-7-16/h6-11H,12-13H2,1-5H3. The molecule has 0 aliphatic heterocycles. The molecule has 30 heavy (non-hydrogen) atoms. The number of benzene rings is 2. The average Bonchev–Trinajstić information content (AvgIpc) is 2.69. The van der Waals surface area contributed by atoms with Gasteiger partial charge in [-0.15, -0.1) is 0 Å². The van der Waals surface area contributed by atoms with Crippen LogP contribution in [0.1, 0.15) is 27.0 Å². The zero-order valence-corrected chi connectivity index (χ0v) is 19.2. The summed E-state index contributed by atoms with van der Waals surface area (Å²) in [7, 11) is 0.361. The third-order valence-corrected chi connectivity index (χ3v) is 6.94. The topological polar surface area (TPSA) is 84.0 Å². The summed E-state index contributed by atoms with van der Waals surface area (Å²) >= 11 is 5.92. The molecule has 2 rings (SSSR count). The highest BCUT2D eigenvalue weighted by molar-refractivity contribution is 7.89. The van der Waals surface area contributed by atoms with Gasteiger partial charge in [0.2, 0.25) is 10.0 Å². The van der Waals surface area contributed by atoms with Crippen LogP contribution in [0.3, 0.4) is 0 Å². The summed E-state index contributed by atoms with van der Waals surface area (Å²) in [6.07, 6.45) is 0. The fraction of sp³-hybridized carbons (Fsp3) is 0.333. The van der Waals surface area contributed by atoms with Crippen LogP contribution in [0.2, 0.25) is 5.02 Å². The molecular weight excluding hydrogens is 428 g/mol. The summed E-state index contributed by atoms with van der Waals surface area (Å²) in [4.78, 5) is 26.5. The lowest BCUT2D eigenvalue weighted by Gasteiger charge is -2.23. The number of amides is 1. The Morgan fingerprint density at radius 2 is 1.67 bits per heavy atom. The van der Waals surface area contributed by atoms with Crippen LogP contribution < -0.4 is 0 Å². The molecule has 0 atom stereocenters. The van der Waals surface area contributed by atoms with E-state index in [2.05, 4.69) is 0 Å². The van der Waals surface area contributed by atoms with Crippen LogP contribution in [0, 0.1) is 13.8 Å². The molecular formula is C21H25ClN2O5S. The van der Waals surface area contributed by atoms with E-state index in [0.29, 0.717) is 16.1 Å². The minimum Gasteiger partial charge on any atom is -0.468 e. The Kier molecular flexibility index (Phi) is 7.63. The number of halogens is 1. The Bertz CT molecular complexity index is 1050. The molecule has 0 aliphatic rings. The third kappa shape index (κ3) is 5.38. The summed E-state index contributed by atoms with van der Waals surface area (Å²) in [6, 6.07) is 9.86. The second-order valence-corrected chi connectivity index (χ2v) is 9.62. The van der Waals surface area contributed by atoms with Gasteiger partial charge in [0.1, 0.15) is 6.54 Å². The van der Waals surface area contributed by atoms with Crippen molar-refractivity contribution in [3.05, 3.63) is 63.7 Å². The predicted octanol–water partition coefficient (Wildman–Crippen LogP) is 3.02. The maximum atomic E-state index is 13.3. The Morgan fingerprint density at radius 3 is 2.20 bits per heavy atom. The van der Waals surface area contributed by atoms with Crippen molar-refractivity contribution in [3.8, 4) is 0 Å². The molecule has 1 amide bonds. The van der Waals surface area contributed by atoms with Crippen LogP contribution in [-0.2, 0) is 26.1 Å². The molecule has 2 aromatic carbocycles. The molecule has 2 aromatic rings. The molecule has 9 heteroatoms. The van der Waals surface area contributed by atoms with Crippen LogP contribution >= 0.6 is 11.6 Å². The highest BCUT2D eigenvalue weighted by Crippen LogP contribution is 2.24. The number of methoxy groups -OCH3 is 1. The van der Waals surface area contributed by atoms with Crippen LogP contribution in [-0.4, -0.2) is 57.2 Å². The van der Waals surface area contributed by atoms with Gasteiger partial charge in [0.25, 0.3) is 5.91 Å². The second-order valence-electron chi connectivity index (χ2n) is 7.07. The number of nitrogens with zero attached hydrogens (tertiary/aromatic N) is 2. The monoisotopic (exact) mass is 452 g/mol. The Balaban J connectivity index is 2.49. The molecule has 0 heterocycles. The molecule has 0 saturated heterocycles. The molecule has 0 aliphatic carbocycles. The second kappa shape index (κ2) is 9.59. The van der Waals surface area contributed by atoms with Crippen LogP contribution in [0.25, 0.3) is 0 Å². The molecule has 0 unspecified atom stereocenters. The summed E-state index contributed by atoms with van der Waals surface area (Å²) in [6.45, 7) is 3.29. The van der Waals surface area contributed by atoms with E-state index < -0.39 is 21.9 Å². The van der Waals surface area contributed by atoms with Gasteiger partial charge in [-0.3, -0.25) is 9.59 Å². The number of ether oxygens (including phenoxy) is 1. The predicted molar refractivity (Wildman–Crippen MR) is 115 cm³/mol. The number of esters is 1. The maximum absolute atomic E-state index is 13.3. The molecule has 0 spiro atoms. The molecule has 0 radical (unpaired) electrons. The van der Waals surface area contributed by atoms with Gasteiger partial charge in [0.15, 0.2) is 0 Å². The molecule has 0 N–H and O–H groups in total. The van der Waals surface area contributed by atoms with Gasteiger partial charge in [0.05, 0.1) is 12.0 Å². The minimum atomic E-state index is -3.75. The molecule has 7 nitrogen and oxygen atoms in total. The lowest BCUT2D eigenvalue weighted by molar-refractivity contribution is -0.141. The molecule has 0 saturated carbocycles. The van der Waals surface area contributed by atoms with Gasteiger partial charge in [0, 0.05) is 31.2 Å². The summed E-state index contributed by atoms with van der Waals surface area (Å²) < 4.78 is 31.2. The van der Waals surface area contributed by atoms with Gasteiger partial charge in [-0.05, 0) is 54.8 Å². The van der Waals surface area contributed by atoms with Crippen LogP contribution in [0.15, 0.2) is 41.3 Å². The lowest BCUT2D eigenvalue weighted by atomic mass is 10.0. The highest BCUT2D eigenvalue weighted by atomic mass is 35.5. The summed E-state index contributed by atoms with van der Waals surface area (Å²) in [5.74, 6) is -1.06. The number of carbonyl (C=O) groups excluding carboxylic acids is 2. The van der Waals surface area contributed by atoms with Gasteiger partial charge in [-0.25, -0.2) is 12.7 Å². The van der Waals surface area contributed by atoms with Gasteiger partial charge >= 0.3 is 5.97 Å². The largest absolute Gasteiger partial charge is 0.468 e. The average molecular weight is 453 g/mol. The lowest BCUT2D eigenvalue weighted by Crippen LogP contribution is -2.36. The first kappa shape index (κ1) is 23.9. The fourth-order valence-corrected chi connectivity index (χ4v) is 4.17. The first-order valence-electron chi connectivity index (χ1n) is 9.11.